The molecule has 0 fully saturated rings. The highest BCUT2D eigenvalue weighted by Crippen LogP contribution is 2.34. The van der Waals surface area contributed by atoms with Crippen LogP contribution in [0.2, 0.25) is 0 Å². The van der Waals surface area contributed by atoms with Gasteiger partial charge >= 0.3 is 0 Å². The van der Waals surface area contributed by atoms with Gasteiger partial charge in [0.15, 0.2) is 16.6 Å². The number of nitrogens with one attached hydrogen (secondary N) is 2. The average Bonchev–Trinajstić information content (AvgIpc) is 2.66. The second kappa shape index (κ2) is 8.41. The Labute approximate surface area is 160 Å². The van der Waals surface area contributed by atoms with E-state index >= 15 is 0 Å². The minimum Gasteiger partial charge on any atom is -0.486 e. The molecule has 2 aromatic rings. The number of hydrogen-bond donors (Lipinski definition) is 2. The van der Waals surface area contributed by atoms with E-state index in [0.717, 1.165) is 29.2 Å². The smallest absolute Gasteiger partial charge is 0.171 e. The SMILES string of the molecule is CCc1ccc(NC(=S)N[C@@H](c2ccc3c(c2)OCCO3)C(C)C)cc1. The maximum Gasteiger partial charge on any atom is 0.171 e. The fourth-order valence-electron chi connectivity index (χ4n) is 3.02. The zero-order chi connectivity index (χ0) is 18.5. The predicted molar refractivity (Wildman–Crippen MR) is 110 cm³/mol. The molecule has 1 heterocycles. The topological polar surface area (TPSA) is 42.5 Å². The van der Waals surface area contributed by atoms with E-state index in [-0.39, 0.29) is 6.04 Å². The first-order chi connectivity index (χ1) is 12.6. The van der Waals surface area contributed by atoms with Gasteiger partial charge in [0.05, 0.1) is 6.04 Å². The van der Waals surface area contributed by atoms with E-state index in [9.17, 15) is 0 Å². The Hall–Kier alpha value is -2.27. The van der Waals surface area contributed by atoms with E-state index in [2.05, 4.69) is 61.7 Å². The summed E-state index contributed by atoms with van der Waals surface area (Å²) >= 11 is 5.54. The Bertz CT molecular complexity index is 759. The van der Waals surface area contributed by atoms with Gasteiger partial charge in [-0.3, -0.25) is 0 Å². The largest absolute Gasteiger partial charge is 0.486 e. The van der Waals surface area contributed by atoms with Gasteiger partial charge in [0, 0.05) is 5.69 Å². The minimum absolute atomic E-state index is 0.0840. The molecular weight excluding hydrogens is 344 g/mol. The van der Waals surface area contributed by atoms with Gasteiger partial charge in [0.25, 0.3) is 0 Å². The first-order valence-corrected chi connectivity index (χ1v) is 9.53. The van der Waals surface area contributed by atoms with Crippen LogP contribution in [0.1, 0.15) is 37.9 Å². The quantitative estimate of drug-likeness (QED) is 0.747. The summed E-state index contributed by atoms with van der Waals surface area (Å²) in [4.78, 5) is 0. The van der Waals surface area contributed by atoms with Crippen LogP contribution in [0.15, 0.2) is 42.5 Å². The normalized spacial score (nSPS) is 14.0. The summed E-state index contributed by atoms with van der Waals surface area (Å²) in [5.41, 5.74) is 3.44. The Morgan fingerprint density at radius 2 is 1.73 bits per heavy atom. The highest BCUT2D eigenvalue weighted by Gasteiger charge is 2.20. The molecule has 1 atom stereocenters. The molecule has 4 nitrogen and oxygen atoms in total. The fourth-order valence-corrected chi connectivity index (χ4v) is 3.27. The molecule has 1 aliphatic rings. The standard InChI is InChI=1S/C21H26N2O2S/c1-4-15-5-8-17(9-6-15)22-21(26)23-20(14(2)3)16-7-10-18-19(13-16)25-12-11-24-18/h5-10,13-14,20H,4,11-12H2,1-3H3,(H2,22,23,26)/t20-/m1/s1. The van der Waals surface area contributed by atoms with Crippen molar-refractivity contribution >= 4 is 23.0 Å². The van der Waals surface area contributed by atoms with Crippen LogP contribution >= 0.6 is 12.2 Å². The van der Waals surface area contributed by atoms with Crippen molar-refractivity contribution in [2.45, 2.75) is 33.2 Å². The van der Waals surface area contributed by atoms with Crippen LogP contribution in [0.4, 0.5) is 5.69 Å². The Morgan fingerprint density at radius 3 is 2.38 bits per heavy atom. The molecule has 0 spiro atoms. The molecule has 3 rings (SSSR count). The maximum absolute atomic E-state index is 5.72. The van der Waals surface area contributed by atoms with Crippen molar-refractivity contribution in [3.05, 3.63) is 53.6 Å². The molecule has 138 valence electrons. The molecule has 0 aliphatic carbocycles. The van der Waals surface area contributed by atoms with Gasteiger partial charge < -0.3 is 20.1 Å². The summed E-state index contributed by atoms with van der Waals surface area (Å²) in [5, 5.41) is 7.33. The Kier molecular flexibility index (Phi) is 5.99. The zero-order valence-electron chi connectivity index (χ0n) is 15.5. The van der Waals surface area contributed by atoms with Gasteiger partial charge in [0.2, 0.25) is 0 Å². The predicted octanol–water partition coefficient (Wildman–Crippen LogP) is 4.70. The van der Waals surface area contributed by atoms with Crippen molar-refractivity contribution in [1.82, 2.24) is 5.32 Å². The molecule has 0 radical (unpaired) electrons. The van der Waals surface area contributed by atoms with E-state index in [1.54, 1.807) is 0 Å². The van der Waals surface area contributed by atoms with Gasteiger partial charge in [-0.2, -0.15) is 0 Å². The number of aryl methyl sites for hydroxylation is 1. The van der Waals surface area contributed by atoms with E-state index in [0.29, 0.717) is 24.2 Å². The lowest BCUT2D eigenvalue weighted by Crippen LogP contribution is -2.35. The lowest BCUT2D eigenvalue weighted by Gasteiger charge is -2.26. The lowest BCUT2D eigenvalue weighted by molar-refractivity contribution is 0.171. The van der Waals surface area contributed by atoms with Crippen LogP contribution in [-0.2, 0) is 6.42 Å². The molecule has 0 unspecified atom stereocenters. The van der Waals surface area contributed by atoms with Gasteiger partial charge in [-0.15, -0.1) is 0 Å². The molecule has 0 saturated carbocycles. The maximum atomic E-state index is 5.72. The van der Waals surface area contributed by atoms with E-state index < -0.39 is 0 Å². The molecule has 0 aromatic heterocycles. The number of benzene rings is 2. The van der Waals surface area contributed by atoms with Gasteiger partial charge in [-0.1, -0.05) is 39.0 Å². The lowest BCUT2D eigenvalue weighted by atomic mass is 9.95. The first kappa shape index (κ1) is 18.5. The summed E-state index contributed by atoms with van der Waals surface area (Å²) in [6.45, 7) is 7.68. The number of rotatable bonds is 5. The number of anilines is 1. The van der Waals surface area contributed by atoms with Crippen molar-refractivity contribution in [2.75, 3.05) is 18.5 Å². The molecule has 2 aromatic carbocycles. The van der Waals surface area contributed by atoms with Crippen molar-refractivity contribution in [3.63, 3.8) is 0 Å². The highest BCUT2D eigenvalue weighted by molar-refractivity contribution is 7.80. The Morgan fingerprint density at radius 1 is 1.04 bits per heavy atom. The van der Waals surface area contributed by atoms with Crippen LogP contribution < -0.4 is 20.1 Å². The van der Waals surface area contributed by atoms with Crippen LogP contribution in [0.5, 0.6) is 11.5 Å². The molecule has 0 amide bonds. The summed E-state index contributed by atoms with van der Waals surface area (Å²) in [7, 11) is 0. The first-order valence-electron chi connectivity index (χ1n) is 9.13. The van der Waals surface area contributed by atoms with Crippen molar-refractivity contribution in [3.8, 4) is 11.5 Å². The summed E-state index contributed by atoms with van der Waals surface area (Å²) in [5.74, 6) is 1.97. The van der Waals surface area contributed by atoms with E-state index in [4.69, 9.17) is 21.7 Å². The molecular formula is C21H26N2O2S. The third-order valence-electron chi connectivity index (χ3n) is 4.50. The van der Waals surface area contributed by atoms with Crippen molar-refractivity contribution < 1.29 is 9.47 Å². The van der Waals surface area contributed by atoms with Gasteiger partial charge in [-0.05, 0) is 59.9 Å². The fraction of sp³-hybridized carbons (Fsp3) is 0.381. The molecule has 2 N–H and O–H groups in total. The third-order valence-corrected chi connectivity index (χ3v) is 4.72. The molecule has 1 aliphatic heterocycles. The number of ether oxygens (including phenoxy) is 2. The van der Waals surface area contributed by atoms with Gasteiger partial charge in [-0.25, -0.2) is 0 Å². The summed E-state index contributed by atoms with van der Waals surface area (Å²) in [6.07, 6.45) is 1.03. The van der Waals surface area contributed by atoms with Crippen LogP contribution in [0.3, 0.4) is 0 Å². The highest BCUT2D eigenvalue weighted by atomic mass is 32.1. The average molecular weight is 371 g/mol. The Balaban J connectivity index is 1.70. The van der Waals surface area contributed by atoms with Gasteiger partial charge in [0.1, 0.15) is 13.2 Å². The second-order valence-corrected chi connectivity index (χ2v) is 7.18. The monoisotopic (exact) mass is 370 g/mol. The van der Waals surface area contributed by atoms with E-state index in [1.165, 1.54) is 5.56 Å². The second-order valence-electron chi connectivity index (χ2n) is 6.77. The third kappa shape index (κ3) is 4.47. The summed E-state index contributed by atoms with van der Waals surface area (Å²) < 4.78 is 11.3. The number of fused-ring (bicyclic) bond motifs is 1. The van der Waals surface area contributed by atoms with Crippen LogP contribution in [-0.4, -0.2) is 18.3 Å². The van der Waals surface area contributed by atoms with Crippen LogP contribution in [0, 0.1) is 5.92 Å². The molecule has 26 heavy (non-hydrogen) atoms. The number of hydrogen-bond acceptors (Lipinski definition) is 3. The number of thiocarbonyl (C=S) groups is 1. The van der Waals surface area contributed by atoms with Crippen molar-refractivity contribution in [1.29, 1.82) is 0 Å². The molecule has 0 saturated heterocycles. The molecule has 0 bridgehead atoms. The van der Waals surface area contributed by atoms with Crippen molar-refractivity contribution in [2.24, 2.45) is 5.92 Å². The molecule has 5 heteroatoms. The minimum atomic E-state index is 0.0840. The van der Waals surface area contributed by atoms with E-state index in [1.807, 2.05) is 12.1 Å². The zero-order valence-corrected chi connectivity index (χ0v) is 16.4. The summed E-state index contributed by atoms with van der Waals surface area (Å²) in [6, 6.07) is 14.5. The van der Waals surface area contributed by atoms with Crippen LogP contribution in [0.25, 0.3) is 0 Å².